The molecule has 7 nitrogen and oxygen atoms in total. The summed E-state index contributed by atoms with van der Waals surface area (Å²) in [6, 6.07) is 6.33. The Bertz CT molecular complexity index is 715. The van der Waals surface area contributed by atoms with Crippen LogP contribution in [0, 0.1) is 0 Å². The van der Waals surface area contributed by atoms with E-state index in [0.29, 0.717) is 18.6 Å². The van der Waals surface area contributed by atoms with Crippen molar-refractivity contribution >= 4 is 21.7 Å². The Kier molecular flexibility index (Phi) is 5.95. The molecule has 0 spiro atoms. The molecule has 1 aromatic carbocycles. The first-order valence-electron chi connectivity index (χ1n) is 7.60. The monoisotopic (exact) mass is 355 g/mol. The number of esters is 1. The Morgan fingerprint density at radius 1 is 1.38 bits per heavy atom. The Labute approximate surface area is 141 Å². The minimum absolute atomic E-state index is 0.0679. The second-order valence-electron chi connectivity index (χ2n) is 5.79. The molecule has 2 atom stereocenters. The third-order valence-electron chi connectivity index (χ3n) is 3.71. The number of carbonyl (C=O) groups excluding carboxylic acids is 2. The van der Waals surface area contributed by atoms with E-state index in [-0.39, 0.29) is 11.5 Å². The fourth-order valence-corrected chi connectivity index (χ4v) is 4.14. The molecule has 8 heteroatoms. The van der Waals surface area contributed by atoms with E-state index >= 15 is 0 Å². The van der Waals surface area contributed by atoms with E-state index in [4.69, 9.17) is 9.47 Å². The van der Waals surface area contributed by atoms with Gasteiger partial charge >= 0.3 is 5.97 Å². The van der Waals surface area contributed by atoms with Crippen molar-refractivity contribution < 1.29 is 27.5 Å². The Morgan fingerprint density at radius 2 is 2.12 bits per heavy atom. The van der Waals surface area contributed by atoms with Crippen LogP contribution in [0.1, 0.15) is 29.3 Å². The molecule has 1 saturated heterocycles. The van der Waals surface area contributed by atoms with Crippen molar-refractivity contribution in [2.45, 2.75) is 32.1 Å². The highest BCUT2D eigenvalue weighted by Crippen LogP contribution is 2.12. The SMILES string of the molecule is COCc1cccc(C(=O)O[C@H](C)C(=O)N[C@@H]2CCS(=O)(=O)C2)c1. The number of amides is 1. The van der Waals surface area contributed by atoms with Crippen molar-refractivity contribution in [1.82, 2.24) is 5.32 Å². The normalized spacial score (nSPS) is 20.3. The molecule has 0 radical (unpaired) electrons. The van der Waals surface area contributed by atoms with E-state index in [1.807, 2.05) is 6.07 Å². The van der Waals surface area contributed by atoms with Gasteiger partial charge in [0, 0.05) is 13.2 Å². The highest BCUT2D eigenvalue weighted by molar-refractivity contribution is 7.91. The number of hydrogen-bond donors (Lipinski definition) is 1. The minimum Gasteiger partial charge on any atom is -0.449 e. The number of benzene rings is 1. The van der Waals surface area contributed by atoms with Crippen LogP contribution in [0.4, 0.5) is 0 Å². The molecule has 1 N–H and O–H groups in total. The summed E-state index contributed by atoms with van der Waals surface area (Å²) in [4.78, 5) is 24.2. The molecule has 2 rings (SSSR count). The lowest BCUT2D eigenvalue weighted by molar-refractivity contribution is -0.129. The fourth-order valence-electron chi connectivity index (χ4n) is 2.46. The molecular weight excluding hydrogens is 334 g/mol. The number of ether oxygens (including phenoxy) is 2. The molecule has 1 amide bonds. The first-order valence-corrected chi connectivity index (χ1v) is 9.42. The molecule has 0 bridgehead atoms. The zero-order valence-electron chi connectivity index (χ0n) is 13.7. The zero-order valence-corrected chi connectivity index (χ0v) is 14.5. The van der Waals surface area contributed by atoms with Gasteiger partial charge in [-0.1, -0.05) is 12.1 Å². The molecule has 1 aliphatic rings. The fraction of sp³-hybridized carbons (Fsp3) is 0.500. The van der Waals surface area contributed by atoms with Gasteiger partial charge in [0.15, 0.2) is 15.9 Å². The van der Waals surface area contributed by atoms with Gasteiger partial charge in [-0.2, -0.15) is 0 Å². The second kappa shape index (κ2) is 7.76. The molecule has 132 valence electrons. The predicted molar refractivity (Wildman–Crippen MR) is 87.2 cm³/mol. The van der Waals surface area contributed by atoms with Gasteiger partial charge in [-0.05, 0) is 31.0 Å². The van der Waals surface area contributed by atoms with Crippen molar-refractivity contribution in [1.29, 1.82) is 0 Å². The molecule has 1 aromatic rings. The van der Waals surface area contributed by atoms with Gasteiger partial charge in [-0.15, -0.1) is 0 Å². The Morgan fingerprint density at radius 3 is 2.75 bits per heavy atom. The zero-order chi connectivity index (χ0) is 17.7. The largest absolute Gasteiger partial charge is 0.449 e. The number of carbonyl (C=O) groups is 2. The van der Waals surface area contributed by atoms with Crippen LogP contribution in [0.2, 0.25) is 0 Å². The van der Waals surface area contributed by atoms with Crippen LogP contribution in [0.25, 0.3) is 0 Å². The highest BCUT2D eigenvalue weighted by Gasteiger charge is 2.30. The minimum atomic E-state index is -3.08. The number of nitrogens with one attached hydrogen (secondary N) is 1. The van der Waals surface area contributed by atoms with E-state index in [0.717, 1.165) is 5.56 Å². The molecule has 1 heterocycles. The van der Waals surface area contributed by atoms with Gasteiger partial charge < -0.3 is 14.8 Å². The summed E-state index contributed by atoms with van der Waals surface area (Å²) in [6.45, 7) is 1.82. The van der Waals surface area contributed by atoms with Crippen molar-refractivity contribution in [3.05, 3.63) is 35.4 Å². The molecule has 0 saturated carbocycles. The molecule has 24 heavy (non-hydrogen) atoms. The van der Waals surface area contributed by atoms with E-state index in [2.05, 4.69) is 5.32 Å². The van der Waals surface area contributed by atoms with Crippen LogP contribution >= 0.6 is 0 Å². The quantitative estimate of drug-likeness (QED) is 0.754. The van der Waals surface area contributed by atoms with Crippen LogP contribution in [0.5, 0.6) is 0 Å². The third-order valence-corrected chi connectivity index (χ3v) is 5.47. The number of hydrogen-bond acceptors (Lipinski definition) is 6. The van der Waals surface area contributed by atoms with Gasteiger partial charge in [-0.3, -0.25) is 4.79 Å². The number of sulfone groups is 1. The number of rotatable bonds is 6. The maximum atomic E-state index is 12.1. The van der Waals surface area contributed by atoms with Crippen LogP contribution in [-0.4, -0.2) is 51.1 Å². The van der Waals surface area contributed by atoms with Crippen molar-refractivity contribution in [3.63, 3.8) is 0 Å². The summed E-state index contributed by atoms with van der Waals surface area (Å²) in [7, 11) is -1.52. The molecule has 0 unspecified atom stereocenters. The van der Waals surface area contributed by atoms with Gasteiger partial charge in [-0.25, -0.2) is 13.2 Å². The third kappa shape index (κ3) is 5.04. The molecule has 1 aliphatic heterocycles. The molecule has 0 aromatic heterocycles. The lowest BCUT2D eigenvalue weighted by Crippen LogP contribution is -2.42. The van der Waals surface area contributed by atoms with Crippen LogP contribution in [-0.2, 0) is 30.7 Å². The lowest BCUT2D eigenvalue weighted by Gasteiger charge is -2.16. The van der Waals surface area contributed by atoms with E-state index in [9.17, 15) is 18.0 Å². The van der Waals surface area contributed by atoms with Gasteiger partial charge in [0.2, 0.25) is 0 Å². The van der Waals surface area contributed by atoms with Gasteiger partial charge in [0.05, 0.1) is 23.7 Å². The second-order valence-corrected chi connectivity index (χ2v) is 8.02. The molecule has 1 fully saturated rings. The predicted octanol–water partition coefficient (Wildman–Crippen LogP) is 0.682. The Balaban J connectivity index is 1.91. The standard InChI is InChI=1S/C16H21NO6S/c1-11(15(18)17-14-6-7-24(20,21)10-14)23-16(19)13-5-3-4-12(8-13)9-22-2/h3-5,8,11,14H,6-7,9-10H2,1-2H3,(H,17,18)/t11-,14-/m1/s1. The van der Waals surface area contributed by atoms with Gasteiger partial charge in [0.25, 0.3) is 5.91 Å². The van der Waals surface area contributed by atoms with Crippen LogP contribution < -0.4 is 5.32 Å². The summed E-state index contributed by atoms with van der Waals surface area (Å²) >= 11 is 0. The van der Waals surface area contributed by atoms with Crippen molar-refractivity contribution in [2.75, 3.05) is 18.6 Å². The maximum absolute atomic E-state index is 12.1. The smallest absolute Gasteiger partial charge is 0.338 e. The van der Waals surface area contributed by atoms with Crippen molar-refractivity contribution in [3.8, 4) is 0 Å². The summed E-state index contributed by atoms with van der Waals surface area (Å²) < 4.78 is 32.9. The summed E-state index contributed by atoms with van der Waals surface area (Å²) in [5.74, 6) is -1.12. The maximum Gasteiger partial charge on any atom is 0.338 e. The lowest BCUT2D eigenvalue weighted by atomic mass is 10.1. The summed E-state index contributed by atoms with van der Waals surface area (Å²) in [5.41, 5.74) is 1.15. The van der Waals surface area contributed by atoms with Crippen LogP contribution in [0.15, 0.2) is 24.3 Å². The summed E-state index contributed by atoms with van der Waals surface area (Å²) in [5, 5.41) is 2.61. The Hall–Kier alpha value is -1.93. The first-order chi connectivity index (χ1) is 11.3. The van der Waals surface area contributed by atoms with E-state index < -0.39 is 33.9 Å². The van der Waals surface area contributed by atoms with E-state index in [1.54, 1.807) is 25.3 Å². The number of methoxy groups -OCH3 is 1. The average Bonchev–Trinajstić information content (AvgIpc) is 2.86. The van der Waals surface area contributed by atoms with E-state index in [1.165, 1.54) is 6.92 Å². The molecular formula is C16H21NO6S. The average molecular weight is 355 g/mol. The summed E-state index contributed by atoms with van der Waals surface area (Å²) in [6.07, 6.45) is -0.625. The van der Waals surface area contributed by atoms with Crippen molar-refractivity contribution in [2.24, 2.45) is 0 Å². The highest BCUT2D eigenvalue weighted by atomic mass is 32.2. The topological polar surface area (TPSA) is 98.8 Å². The first kappa shape index (κ1) is 18.4. The van der Waals surface area contributed by atoms with Gasteiger partial charge in [0.1, 0.15) is 0 Å². The molecule has 0 aliphatic carbocycles. The van der Waals surface area contributed by atoms with Crippen LogP contribution in [0.3, 0.4) is 0 Å².